The van der Waals surface area contributed by atoms with Crippen molar-refractivity contribution in [3.8, 4) is 0 Å². The lowest BCUT2D eigenvalue weighted by atomic mass is 9.87. The van der Waals surface area contributed by atoms with Gasteiger partial charge in [-0.3, -0.25) is 4.79 Å². The van der Waals surface area contributed by atoms with Crippen molar-refractivity contribution in [2.75, 3.05) is 13.1 Å². The van der Waals surface area contributed by atoms with E-state index in [1.807, 2.05) is 66.4 Å². The molecule has 0 aromatic heterocycles. The molecule has 23 heavy (non-hydrogen) atoms. The van der Waals surface area contributed by atoms with Crippen LogP contribution in [0.5, 0.6) is 0 Å². The molecule has 1 unspecified atom stereocenters. The van der Waals surface area contributed by atoms with Crippen LogP contribution in [0.15, 0.2) is 54.6 Å². The van der Waals surface area contributed by atoms with Gasteiger partial charge in [0.1, 0.15) is 0 Å². The highest BCUT2D eigenvalue weighted by Crippen LogP contribution is 2.31. The first kappa shape index (κ1) is 15.8. The second-order valence-electron chi connectivity index (χ2n) is 6.35. The van der Waals surface area contributed by atoms with Crippen LogP contribution in [0.4, 0.5) is 0 Å². The van der Waals surface area contributed by atoms with Gasteiger partial charge in [-0.2, -0.15) is 0 Å². The van der Waals surface area contributed by atoms with Crippen molar-refractivity contribution in [2.24, 2.45) is 5.92 Å². The highest BCUT2D eigenvalue weighted by molar-refractivity contribution is 5.94. The van der Waals surface area contributed by atoms with E-state index in [1.165, 1.54) is 0 Å². The van der Waals surface area contributed by atoms with Gasteiger partial charge in [0.2, 0.25) is 0 Å². The van der Waals surface area contributed by atoms with E-state index in [0.29, 0.717) is 13.1 Å². The molecule has 0 bridgehead atoms. The van der Waals surface area contributed by atoms with Crippen LogP contribution in [0.1, 0.15) is 40.4 Å². The fraction of sp³-hybridized carbons (Fsp3) is 0.350. The minimum Gasteiger partial charge on any atom is -0.388 e. The summed E-state index contributed by atoms with van der Waals surface area (Å²) in [6.45, 7) is 3.44. The standard InChI is InChI=1S/C20H23NO2/c1-15-7-9-18(10-8-15)20(23)21-13-11-17(12-14-21)19(22)16-5-3-2-4-6-16/h2-10,17,19,22H,11-14H2,1H3. The van der Waals surface area contributed by atoms with Crippen LogP contribution in [-0.2, 0) is 0 Å². The Bertz CT molecular complexity index is 643. The number of hydrogen-bond donors (Lipinski definition) is 1. The van der Waals surface area contributed by atoms with Crippen molar-refractivity contribution >= 4 is 5.91 Å². The molecule has 1 amide bonds. The Morgan fingerprint density at radius 1 is 1.04 bits per heavy atom. The number of aliphatic hydroxyl groups excluding tert-OH is 1. The maximum Gasteiger partial charge on any atom is 0.253 e. The Kier molecular flexibility index (Phi) is 4.77. The molecule has 2 aromatic carbocycles. The maximum absolute atomic E-state index is 12.5. The van der Waals surface area contributed by atoms with Gasteiger partial charge in [0, 0.05) is 18.7 Å². The normalized spacial score (nSPS) is 17.0. The van der Waals surface area contributed by atoms with Crippen LogP contribution >= 0.6 is 0 Å². The summed E-state index contributed by atoms with van der Waals surface area (Å²) < 4.78 is 0. The Morgan fingerprint density at radius 2 is 1.65 bits per heavy atom. The van der Waals surface area contributed by atoms with Crippen molar-refractivity contribution in [3.63, 3.8) is 0 Å². The van der Waals surface area contributed by atoms with Crippen LogP contribution in [0, 0.1) is 12.8 Å². The number of amides is 1. The van der Waals surface area contributed by atoms with E-state index in [2.05, 4.69) is 0 Å². The van der Waals surface area contributed by atoms with E-state index in [4.69, 9.17) is 0 Å². The lowest BCUT2D eigenvalue weighted by Gasteiger charge is -2.34. The van der Waals surface area contributed by atoms with E-state index >= 15 is 0 Å². The summed E-state index contributed by atoms with van der Waals surface area (Å²) in [5.74, 6) is 0.317. The second-order valence-corrected chi connectivity index (χ2v) is 6.35. The molecule has 3 rings (SSSR count). The third-order valence-corrected chi connectivity index (χ3v) is 4.71. The lowest BCUT2D eigenvalue weighted by molar-refractivity contribution is 0.0462. The topological polar surface area (TPSA) is 40.5 Å². The van der Waals surface area contributed by atoms with E-state index in [9.17, 15) is 9.90 Å². The van der Waals surface area contributed by atoms with Gasteiger partial charge in [0.05, 0.1) is 6.10 Å². The molecule has 3 nitrogen and oxygen atoms in total. The second kappa shape index (κ2) is 6.97. The number of likely N-dealkylation sites (tertiary alicyclic amines) is 1. The minimum absolute atomic E-state index is 0.0950. The molecular formula is C20H23NO2. The number of aryl methyl sites for hydroxylation is 1. The predicted octanol–water partition coefficient (Wildman–Crippen LogP) is 3.58. The molecule has 1 N–H and O–H groups in total. The van der Waals surface area contributed by atoms with Gasteiger partial charge in [-0.25, -0.2) is 0 Å². The number of carbonyl (C=O) groups excluding carboxylic acids is 1. The molecule has 1 aliphatic heterocycles. The monoisotopic (exact) mass is 309 g/mol. The Balaban J connectivity index is 1.60. The van der Waals surface area contributed by atoms with Gasteiger partial charge in [0.15, 0.2) is 0 Å². The quantitative estimate of drug-likeness (QED) is 0.941. The van der Waals surface area contributed by atoms with E-state index in [-0.39, 0.29) is 11.8 Å². The summed E-state index contributed by atoms with van der Waals surface area (Å²) in [5.41, 5.74) is 2.87. The third-order valence-electron chi connectivity index (χ3n) is 4.71. The molecule has 1 atom stereocenters. The van der Waals surface area contributed by atoms with Crippen molar-refractivity contribution in [1.29, 1.82) is 0 Å². The minimum atomic E-state index is -0.437. The molecule has 1 saturated heterocycles. The van der Waals surface area contributed by atoms with Crippen LogP contribution in [0.2, 0.25) is 0 Å². The number of nitrogens with zero attached hydrogens (tertiary/aromatic N) is 1. The van der Waals surface area contributed by atoms with Crippen LogP contribution in [0.25, 0.3) is 0 Å². The molecule has 3 heteroatoms. The molecular weight excluding hydrogens is 286 g/mol. The zero-order chi connectivity index (χ0) is 16.2. The number of benzene rings is 2. The number of carbonyl (C=O) groups is 1. The number of hydrogen-bond acceptors (Lipinski definition) is 2. The Labute approximate surface area is 137 Å². The average Bonchev–Trinajstić information content (AvgIpc) is 2.62. The molecule has 1 fully saturated rings. The summed E-state index contributed by atoms with van der Waals surface area (Å²) in [6, 6.07) is 17.5. The molecule has 2 aromatic rings. The molecule has 120 valence electrons. The number of piperidine rings is 1. The summed E-state index contributed by atoms with van der Waals surface area (Å²) in [5, 5.41) is 10.5. The Hall–Kier alpha value is -2.13. The van der Waals surface area contributed by atoms with Gasteiger partial charge < -0.3 is 10.0 Å². The van der Waals surface area contributed by atoms with E-state index < -0.39 is 6.10 Å². The average molecular weight is 309 g/mol. The fourth-order valence-corrected chi connectivity index (χ4v) is 3.22. The zero-order valence-corrected chi connectivity index (χ0v) is 13.5. The maximum atomic E-state index is 12.5. The van der Waals surface area contributed by atoms with Crippen molar-refractivity contribution in [3.05, 3.63) is 71.3 Å². The van der Waals surface area contributed by atoms with Gasteiger partial charge >= 0.3 is 0 Å². The zero-order valence-electron chi connectivity index (χ0n) is 13.5. The predicted molar refractivity (Wildman–Crippen MR) is 91.2 cm³/mol. The smallest absolute Gasteiger partial charge is 0.253 e. The third kappa shape index (κ3) is 3.62. The van der Waals surface area contributed by atoms with Crippen molar-refractivity contribution in [1.82, 2.24) is 4.90 Å². The number of aliphatic hydroxyl groups is 1. The van der Waals surface area contributed by atoms with E-state index in [1.54, 1.807) is 0 Å². The molecule has 1 heterocycles. The van der Waals surface area contributed by atoms with Gasteiger partial charge in [0.25, 0.3) is 5.91 Å². The van der Waals surface area contributed by atoms with Crippen molar-refractivity contribution in [2.45, 2.75) is 25.9 Å². The molecule has 0 radical (unpaired) electrons. The van der Waals surface area contributed by atoms with Crippen LogP contribution in [0.3, 0.4) is 0 Å². The van der Waals surface area contributed by atoms with Gasteiger partial charge in [-0.15, -0.1) is 0 Å². The highest BCUT2D eigenvalue weighted by Gasteiger charge is 2.28. The summed E-state index contributed by atoms with van der Waals surface area (Å²) in [7, 11) is 0. The summed E-state index contributed by atoms with van der Waals surface area (Å²) in [4.78, 5) is 14.4. The fourth-order valence-electron chi connectivity index (χ4n) is 3.22. The summed E-state index contributed by atoms with van der Waals surface area (Å²) >= 11 is 0. The first-order chi connectivity index (χ1) is 11.1. The molecule has 0 aliphatic carbocycles. The van der Waals surface area contributed by atoms with E-state index in [0.717, 1.165) is 29.5 Å². The molecule has 0 spiro atoms. The molecule has 1 aliphatic rings. The van der Waals surface area contributed by atoms with Gasteiger partial charge in [-0.05, 0) is 43.4 Å². The van der Waals surface area contributed by atoms with Gasteiger partial charge in [-0.1, -0.05) is 48.0 Å². The number of rotatable bonds is 3. The lowest BCUT2D eigenvalue weighted by Crippen LogP contribution is -2.39. The SMILES string of the molecule is Cc1ccc(C(=O)N2CCC(C(O)c3ccccc3)CC2)cc1. The first-order valence-electron chi connectivity index (χ1n) is 8.24. The first-order valence-corrected chi connectivity index (χ1v) is 8.24. The van der Waals surface area contributed by atoms with Crippen molar-refractivity contribution < 1.29 is 9.90 Å². The largest absolute Gasteiger partial charge is 0.388 e. The highest BCUT2D eigenvalue weighted by atomic mass is 16.3. The van der Waals surface area contributed by atoms with Crippen LogP contribution in [-0.4, -0.2) is 29.0 Å². The molecule has 0 saturated carbocycles. The van der Waals surface area contributed by atoms with Crippen LogP contribution < -0.4 is 0 Å². The summed E-state index contributed by atoms with van der Waals surface area (Å²) in [6.07, 6.45) is 1.24. The Morgan fingerprint density at radius 3 is 2.26 bits per heavy atom.